The lowest BCUT2D eigenvalue weighted by atomic mass is 10.1. The van der Waals surface area contributed by atoms with Crippen LogP contribution >= 0.6 is 22.7 Å². The van der Waals surface area contributed by atoms with Crippen LogP contribution in [0.4, 0.5) is 0 Å². The van der Waals surface area contributed by atoms with E-state index >= 15 is 0 Å². The van der Waals surface area contributed by atoms with Gasteiger partial charge in [0.25, 0.3) is 0 Å². The third kappa shape index (κ3) is 3.68. The molecule has 0 atom stereocenters. The minimum atomic E-state index is 0.758. The fourth-order valence-corrected chi connectivity index (χ4v) is 11.1. The smallest absolute Gasteiger partial charge is 0.155 e. The van der Waals surface area contributed by atoms with Crippen LogP contribution in [0.15, 0.2) is 167 Å². The van der Waals surface area contributed by atoms with Crippen LogP contribution in [0.2, 0.25) is 0 Å². The van der Waals surface area contributed by atoms with Crippen LogP contribution in [0.5, 0.6) is 0 Å². The Kier molecular flexibility index (Phi) is 5.57. The van der Waals surface area contributed by atoms with Crippen molar-refractivity contribution in [2.45, 2.75) is 0 Å². The molecule has 0 bridgehead atoms. The lowest BCUT2D eigenvalue weighted by Crippen LogP contribution is -2.06. The van der Waals surface area contributed by atoms with Gasteiger partial charge in [-0.25, -0.2) is 0 Å². The van der Waals surface area contributed by atoms with E-state index in [9.17, 15) is 0 Å². The van der Waals surface area contributed by atoms with Gasteiger partial charge in [0.1, 0.15) is 20.7 Å². The van der Waals surface area contributed by atoms with Crippen molar-refractivity contribution in [1.29, 1.82) is 0 Å². The average Bonchev–Trinajstić information content (AvgIpc) is 3.80. The maximum atomic E-state index is 6.88. The summed E-state index contributed by atoms with van der Waals surface area (Å²) in [4.78, 5) is 2.30. The number of rotatable bonds is 2. The first-order valence-corrected chi connectivity index (χ1v) is 19.6. The molecule has 254 valence electrons. The highest BCUT2D eigenvalue weighted by Gasteiger charge is 2.24. The molecule has 6 heterocycles. The first-order valence-electron chi connectivity index (χ1n) is 17.9. The highest BCUT2D eigenvalue weighted by molar-refractivity contribution is 7.26. The van der Waals surface area contributed by atoms with Crippen LogP contribution in [0.1, 0.15) is 0 Å². The molecular formula is C46H26N4O2S2. The minimum absolute atomic E-state index is 0.758. The zero-order chi connectivity index (χ0) is 35.1. The summed E-state index contributed by atoms with van der Waals surface area (Å²) < 4.78 is 25.9. The summed E-state index contributed by atoms with van der Waals surface area (Å²) in [6, 6.07) is 55.9. The summed E-state index contributed by atoms with van der Waals surface area (Å²) in [6.07, 6.45) is 0. The number of para-hydroxylation sites is 4. The van der Waals surface area contributed by atoms with Crippen molar-refractivity contribution in [3.8, 4) is 11.4 Å². The largest absolute Gasteiger partial charge is 0.453 e. The number of thiophene rings is 2. The highest BCUT2D eigenvalue weighted by Crippen LogP contribution is 2.44. The van der Waals surface area contributed by atoms with E-state index in [0.29, 0.717) is 0 Å². The first-order chi connectivity index (χ1) is 26.8. The normalized spacial score (nSPS) is 12.4. The number of nitrogens with zero attached hydrogens (tertiary/aromatic N) is 4. The van der Waals surface area contributed by atoms with Crippen LogP contribution in [0.3, 0.4) is 0 Å². The van der Waals surface area contributed by atoms with Gasteiger partial charge in [-0.2, -0.15) is 0 Å². The molecule has 0 radical (unpaired) electrons. The molecule has 6 nitrogen and oxygen atoms in total. The molecule has 13 aromatic rings. The van der Waals surface area contributed by atoms with Gasteiger partial charge in [0.2, 0.25) is 0 Å². The summed E-state index contributed by atoms with van der Waals surface area (Å²) in [5.41, 5.74) is 13.9. The fourth-order valence-electron chi connectivity index (χ4n) is 8.65. The van der Waals surface area contributed by atoms with E-state index in [-0.39, 0.29) is 0 Å². The van der Waals surface area contributed by atoms with Gasteiger partial charge >= 0.3 is 0 Å². The van der Waals surface area contributed by atoms with Gasteiger partial charge in [-0.15, -0.1) is 22.7 Å². The van der Waals surface area contributed by atoms with E-state index in [1.54, 1.807) is 0 Å². The number of benzene rings is 7. The van der Waals surface area contributed by atoms with E-state index in [4.69, 9.17) is 8.83 Å². The molecule has 0 aliphatic heterocycles. The van der Waals surface area contributed by atoms with Gasteiger partial charge in [0, 0.05) is 37.6 Å². The standard InChI is InChI=1S/C46H26N4O2S2/c1-3-13-27(14-4-1)47-31-19-11-21-35-43(31)49(45-41(47)29-17-7-9-23-39(29)53-45)33-25-34-38(26-37(33)51-35)52-36-22-12-20-32-44(36)50(34)46-42(30-18-8-10-24-40(30)54-46)48(32)28-15-5-2-6-16-28/h1-26H. The van der Waals surface area contributed by atoms with Gasteiger partial charge in [-0.05, 0) is 66.7 Å². The molecule has 7 aromatic carbocycles. The van der Waals surface area contributed by atoms with E-state index in [1.165, 1.54) is 31.2 Å². The molecule has 8 heteroatoms. The third-order valence-electron chi connectivity index (χ3n) is 10.8. The topological polar surface area (TPSA) is 45.0 Å². The Morgan fingerprint density at radius 1 is 0.352 bits per heavy atom. The summed E-state index contributed by atoms with van der Waals surface area (Å²) in [5, 5.41) is 2.44. The second kappa shape index (κ2) is 10.4. The van der Waals surface area contributed by atoms with E-state index < -0.39 is 0 Å². The monoisotopic (exact) mass is 730 g/mol. The minimum Gasteiger partial charge on any atom is -0.453 e. The lowest BCUT2D eigenvalue weighted by Gasteiger charge is -2.21. The molecular weight excluding hydrogens is 705 g/mol. The Hall–Kier alpha value is -6.74. The Morgan fingerprint density at radius 3 is 1.28 bits per heavy atom. The van der Waals surface area contributed by atoms with Crippen molar-refractivity contribution in [3.05, 3.63) is 158 Å². The van der Waals surface area contributed by atoms with Gasteiger partial charge in [0.05, 0.1) is 33.1 Å². The second-order valence-electron chi connectivity index (χ2n) is 13.8. The average molecular weight is 731 g/mol. The van der Waals surface area contributed by atoms with E-state index in [0.717, 1.165) is 76.5 Å². The molecule has 0 saturated carbocycles. The molecule has 0 aliphatic rings. The Balaban J connectivity index is 1.29. The molecule has 0 fully saturated rings. The van der Waals surface area contributed by atoms with Gasteiger partial charge in [0.15, 0.2) is 22.3 Å². The van der Waals surface area contributed by atoms with E-state index in [2.05, 4.69) is 176 Å². The highest BCUT2D eigenvalue weighted by atomic mass is 32.1. The van der Waals surface area contributed by atoms with Crippen molar-refractivity contribution in [3.63, 3.8) is 0 Å². The zero-order valence-electron chi connectivity index (χ0n) is 28.4. The van der Waals surface area contributed by atoms with Crippen molar-refractivity contribution in [2.75, 3.05) is 0 Å². The molecule has 0 N–H and O–H groups in total. The molecule has 13 rings (SSSR count). The van der Waals surface area contributed by atoms with Crippen molar-refractivity contribution >= 4 is 119 Å². The molecule has 6 aromatic heterocycles. The van der Waals surface area contributed by atoms with E-state index in [1.807, 2.05) is 22.7 Å². The first kappa shape index (κ1) is 28.8. The number of hydrogen-bond acceptors (Lipinski definition) is 4. The maximum Gasteiger partial charge on any atom is 0.155 e. The molecule has 0 amide bonds. The predicted molar refractivity (Wildman–Crippen MR) is 225 cm³/mol. The molecule has 54 heavy (non-hydrogen) atoms. The van der Waals surface area contributed by atoms with Gasteiger partial charge in [-0.1, -0.05) is 84.9 Å². The number of aromatic nitrogens is 4. The Morgan fingerprint density at radius 2 is 0.796 bits per heavy atom. The zero-order valence-corrected chi connectivity index (χ0v) is 30.1. The molecule has 0 saturated heterocycles. The van der Waals surface area contributed by atoms with Crippen LogP contribution in [-0.4, -0.2) is 17.9 Å². The van der Waals surface area contributed by atoms with Gasteiger partial charge in [-0.3, -0.25) is 8.80 Å². The molecule has 0 unspecified atom stereocenters. The van der Waals surface area contributed by atoms with Crippen LogP contribution < -0.4 is 0 Å². The molecule has 0 aliphatic carbocycles. The summed E-state index contributed by atoms with van der Waals surface area (Å²) in [6.45, 7) is 0. The summed E-state index contributed by atoms with van der Waals surface area (Å²) in [7, 11) is 0. The summed E-state index contributed by atoms with van der Waals surface area (Å²) in [5.74, 6) is 0. The second-order valence-corrected chi connectivity index (χ2v) is 15.8. The summed E-state index contributed by atoms with van der Waals surface area (Å²) >= 11 is 3.63. The SMILES string of the molecule is c1ccc(-n2c3cccc4oc5cc6oc7cccc8c7n(c6cc5n(c5sc6ccccc6c52)c43)c2sc3ccccc3c2n8-c2ccccc2)cc1. The van der Waals surface area contributed by atoms with Crippen molar-refractivity contribution < 1.29 is 8.83 Å². The van der Waals surface area contributed by atoms with Crippen LogP contribution in [-0.2, 0) is 0 Å². The molecule has 0 spiro atoms. The maximum absolute atomic E-state index is 6.88. The Labute approximate surface area is 313 Å². The predicted octanol–water partition coefficient (Wildman–Crippen LogP) is 13.4. The quantitative estimate of drug-likeness (QED) is 0.131. The number of fused-ring (bicyclic) bond motifs is 12. The van der Waals surface area contributed by atoms with Crippen molar-refractivity contribution in [1.82, 2.24) is 17.9 Å². The number of hydrogen-bond donors (Lipinski definition) is 0. The van der Waals surface area contributed by atoms with Crippen LogP contribution in [0.25, 0.3) is 108 Å². The lowest BCUT2D eigenvalue weighted by molar-refractivity contribution is 0.641. The van der Waals surface area contributed by atoms with Crippen molar-refractivity contribution in [2.24, 2.45) is 0 Å². The Bertz CT molecular complexity index is 3490. The fraction of sp³-hybridized carbons (Fsp3) is 0. The van der Waals surface area contributed by atoms with Gasteiger partial charge < -0.3 is 18.0 Å². The van der Waals surface area contributed by atoms with Crippen LogP contribution in [0, 0.1) is 0 Å². The third-order valence-corrected chi connectivity index (χ3v) is 13.1.